The van der Waals surface area contributed by atoms with Crippen molar-refractivity contribution < 1.29 is 4.79 Å². The monoisotopic (exact) mass is 278 g/mol. The van der Waals surface area contributed by atoms with Crippen molar-refractivity contribution in [2.45, 2.75) is 13.8 Å². The van der Waals surface area contributed by atoms with Gasteiger partial charge in [0.15, 0.2) is 0 Å². The van der Waals surface area contributed by atoms with Crippen LogP contribution in [0.5, 0.6) is 0 Å². The van der Waals surface area contributed by atoms with Crippen molar-refractivity contribution in [2.75, 3.05) is 0 Å². The zero-order chi connectivity index (χ0) is 15.1. The lowest BCUT2D eigenvalue weighted by Crippen LogP contribution is -1.87. The quantitative estimate of drug-likeness (QED) is 0.666. The molecular formula is C18H18N2O. The highest BCUT2D eigenvalue weighted by Crippen LogP contribution is 2.19. The predicted octanol–water partition coefficient (Wildman–Crippen LogP) is 4.38. The van der Waals surface area contributed by atoms with Gasteiger partial charge >= 0.3 is 0 Å². The van der Waals surface area contributed by atoms with Gasteiger partial charge in [0.1, 0.15) is 6.29 Å². The fourth-order valence-corrected chi connectivity index (χ4v) is 1.95. The van der Waals surface area contributed by atoms with E-state index in [-0.39, 0.29) is 0 Å². The zero-order valence-corrected chi connectivity index (χ0v) is 12.2. The second-order valence-corrected chi connectivity index (χ2v) is 4.24. The standard InChI is InChI=1S/C16H12N2O.C2H6/c19-11-13-6-8-14(9-7-13)16-10-18(12-17-16)15-4-2-1-3-5-15;1-2/h1-12H;1-2H3. The van der Waals surface area contributed by atoms with Crippen LogP contribution in [-0.2, 0) is 0 Å². The minimum Gasteiger partial charge on any atom is -0.306 e. The number of aldehydes is 1. The average Bonchev–Trinajstić information content (AvgIpc) is 3.08. The van der Waals surface area contributed by atoms with Crippen LogP contribution in [0.2, 0.25) is 0 Å². The molecule has 0 unspecified atom stereocenters. The Hall–Kier alpha value is -2.68. The molecule has 3 nitrogen and oxygen atoms in total. The lowest BCUT2D eigenvalue weighted by atomic mass is 10.1. The van der Waals surface area contributed by atoms with Gasteiger partial charge in [-0.25, -0.2) is 4.98 Å². The maximum absolute atomic E-state index is 10.6. The summed E-state index contributed by atoms with van der Waals surface area (Å²) in [5.41, 5.74) is 3.64. The van der Waals surface area contributed by atoms with Crippen molar-refractivity contribution in [2.24, 2.45) is 0 Å². The second-order valence-electron chi connectivity index (χ2n) is 4.24. The largest absolute Gasteiger partial charge is 0.306 e. The van der Waals surface area contributed by atoms with Gasteiger partial charge in [-0.15, -0.1) is 0 Å². The second kappa shape index (κ2) is 7.20. The summed E-state index contributed by atoms with van der Waals surface area (Å²) in [6, 6.07) is 17.4. The van der Waals surface area contributed by atoms with E-state index in [1.54, 1.807) is 18.5 Å². The van der Waals surface area contributed by atoms with Gasteiger partial charge in [0.2, 0.25) is 0 Å². The van der Waals surface area contributed by atoms with Crippen molar-refractivity contribution in [3.05, 3.63) is 72.7 Å². The van der Waals surface area contributed by atoms with E-state index in [9.17, 15) is 4.79 Å². The summed E-state index contributed by atoms with van der Waals surface area (Å²) in [7, 11) is 0. The van der Waals surface area contributed by atoms with Crippen LogP contribution in [0.15, 0.2) is 67.1 Å². The van der Waals surface area contributed by atoms with Crippen LogP contribution < -0.4 is 0 Å². The maximum atomic E-state index is 10.6. The van der Waals surface area contributed by atoms with E-state index >= 15 is 0 Å². The van der Waals surface area contributed by atoms with Crippen molar-refractivity contribution in [3.63, 3.8) is 0 Å². The Morgan fingerprint density at radius 3 is 2.24 bits per heavy atom. The van der Waals surface area contributed by atoms with Gasteiger partial charge < -0.3 is 4.57 Å². The van der Waals surface area contributed by atoms with Crippen LogP contribution in [-0.4, -0.2) is 15.8 Å². The molecule has 0 aliphatic rings. The van der Waals surface area contributed by atoms with E-state index in [2.05, 4.69) is 4.98 Å². The maximum Gasteiger partial charge on any atom is 0.150 e. The number of para-hydroxylation sites is 1. The Balaban J connectivity index is 0.000000774. The summed E-state index contributed by atoms with van der Waals surface area (Å²) in [5, 5.41) is 0. The van der Waals surface area contributed by atoms with Crippen LogP contribution in [0.4, 0.5) is 0 Å². The molecule has 0 atom stereocenters. The number of hydrogen-bond donors (Lipinski definition) is 0. The summed E-state index contributed by atoms with van der Waals surface area (Å²) >= 11 is 0. The van der Waals surface area contributed by atoms with Gasteiger partial charge in [0.05, 0.1) is 12.0 Å². The molecule has 0 radical (unpaired) electrons. The third-order valence-electron chi connectivity index (χ3n) is 2.98. The Labute approximate surface area is 124 Å². The molecule has 0 saturated heterocycles. The molecule has 106 valence electrons. The molecule has 3 aromatic rings. The molecule has 0 bridgehead atoms. The Morgan fingerprint density at radius 2 is 1.62 bits per heavy atom. The molecule has 0 fully saturated rings. The van der Waals surface area contributed by atoms with Crippen LogP contribution in [0.1, 0.15) is 24.2 Å². The normalized spacial score (nSPS) is 9.62. The first kappa shape index (κ1) is 14.7. The Morgan fingerprint density at radius 1 is 0.952 bits per heavy atom. The lowest BCUT2D eigenvalue weighted by molar-refractivity contribution is 0.112. The summed E-state index contributed by atoms with van der Waals surface area (Å²) in [4.78, 5) is 15.0. The molecule has 0 saturated carbocycles. The van der Waals surface area contributed by atoms with Gasteiger partial charge in [-0.05, 0) is 12.1 Å². The Bertz CT molecular complexity index is 685. The summed E-state index contributed by atoms with van der Waals surface area (Å²) in [6.07, 6.45) is 4.61. The van der Waals surface area contributed by atoms with Crippen LogP contribution in [0.25, 0.3) is 16.9 Å². The smallest absolute Gasteiger partial charge is 0.150 e. The van der Waals surface area contributed by atoms with Crippen molar-refractivity contribution in [1.29, 1.82) is 0 Å². The fourth-order valence-electron chi connectivity index (χ4n) is 1.95. The molecule has 0 aliphatic carbocycles. The van der Waals surface area contributed by atoms with Gasteiger partial charge in [-0.2, -0.15) is 0 Å². The molecule has 2 aromatic carbocycles. The summed E-state index contributed by atoms with van der Waals surface area (Å²) < 4.78 is 1.98. The minimum atomic E-state index is 0.672. The fraction of sp³-hybridized carbons (Fsp3) is 0.111. The number of nitrogens with zero attached hydrogens (tertiary/aromatic N) is 2. The summed E-state index contributed by atoms with van der Waals surface area (Å²) in [6.45, 7) is 4.00. The van der Waals surface area contributed by atoms with E-state index in [0.29, 0.717) is 5.56 Å². The SMILES string of the molecule is CC.O=Cc1ccc(-c2cn(-c3ccccc3)cn2)cc1. The van der Waals surface area contributed by atoms with Gasteiger partial charge in [0.25, 0.3) is 0 Å². The number of carbonyl (C=O) groups is 1. The third-order valence-corrected chi connectivity index (χ3v) is 2.98. The Kier molecular flexibility index (Phi) is 5.04. The lowest BCUT2D eigenvalue weighted by Gasteiger charge is -2.00. The first-order valence-electron chi connectivity index (χ1n) is 7.02. The first-order chi connectivity index (χ1) is 10.4. The number of rotatable bonds is 3. The zero-order valence-electron chi connectivity index (χ0n) is 12.2. The molecule has 3 heteroatoms. The van der Waals surface area contributed by atoms with Crippen molar-refractivity contribution in [1.82, 2.24) is 9.55 Å². The molecule has 1 aromatic heterocycles. The highest BCUT2D eigenvalue weighted by atomic mass is 16.1. The number of carbonyl (C=O) groups excluding carboxylic acids is 1. The molecule has 3 rings (SSSR count). The number of aromatic nitrogens is 2. The molecule has 0 amide bonds. The molecule has 0 aliphatic heterocycles. The molecule has 0 spiro atoms. The van der Waals surface area contributed by atoms with E-state index < -0.39 is 0 Å². The third kappa shape index (κ3) is 3.45. The average molecular weight is 278 g/mol. The van der Waals surface area contributed by atoms with E-state index in [1.165, 1.54) is 0 Å². The van der Waals surface area contributed by atoms with Gasteiger partial charge in [-0.1, -0.05) is 56.3 Å². The highest BCUT2D eigenvalue weighted by molar-refractivity contribution is 5.76. The molecule has 1 heterocycles. The number of imidazole rings is 1. The topological polar surface area (TPSA) is 34.9 Å². The van der Waals surface area contributed by atoms with E-state index in [1.807, 2.05) is 67.1 Å². The van der Waals surface area contributed by atoms with Gasteiger partial charge in [-0.3, -0.25) is 4.79 Å². The molecule has 21 heavy (non-hydrogen) atoms. The minimum absolute atomic E-state index is 0.672. The van der Waals surface area contributed by atoms with E-state index in [0.717, 1.165) is 23.2 Å². The van der Waals surface area contributed by atoms with Crippen LogP contribution in [0.3, 0.4) is 0 Å². The number of hydrogen-bond acceptors (Lipinski definition) is 2. The van der Waals surface area contributed by atoms with Gasteiger partial charge in [0, 0.05) is 23.0 Å². The van der Waals surface area contributed by atoms with Crippen LogP contribution >= 0.6 is 0 Å². The van der Waals surface area contributed by atoms with Crippen molar-refractivity contribution in [3.8, 4) is 16.9 Å². The molecular weight excluding hydrogens is 260 g/mol. The highest BCUT2D eigenvalue weighted by Gasteiger charge is 2.03. The number of benzene rings is 2. The van der Waals surface area contributed by atoms with Crippen LogP contribution in [0, 0.1) is 0 Å². The van der Waals surface area contributed by atoms with E-state index in [4.69, 9.17) is 0 Å². The molecule has 0 N–H and O–H groups in total. The predicted molar refractivity (Wildman–Crippen MR) is 85.7 cm³/mol. The summed E-state index contributed by atoms with van der Waals surface area (Å²) in [5.74, 6) is 0. The van der Waals surface area contributed by atoms with Crippen molar-refractivity contribution >= 4 is 6.29 Å². The first-order valence-corrected chi connectivity index (χ1v) is 7.02.